The summed E-state index contributed by atoms with van der Waals surface area (Å²) in [4.78, 5) is 19.1. The Kier molecular flexibility index (Phi) is 5.85. The Balaban J connectivity index is 1.30. The summed E-state index contributed by atoms with van der Waals surface area (Å²) < 4.78 is 30.7. The summed E-state index contributed by atoms with van der Waals surface area (Å²) in [5, 5.41) is 7.65. The van der Waals surface area contributed by atoms with Crippen molar-refractivity contribution in [1.29, 1.82) is 0 Å². The summed E-state index contributed by atoms with van der Waals surface area (Å²) in [5.74, 6) is -0.421. The number of aromatic nitrogens is 6. The van der Waals surface area contributed by atoms with Crippen LogP contribution in [-0.4, -0.2) is 48.1 Å². The van der Waals surface area contributed by atoms with Crippen LogP contribution in [0.5, 0.6) is 0 Å². The van der Waals surface area contributed by atoms with E-state index in [0.717, 1.165) is 25.2 Å². The molecule has 194 valence electrons. The fourth-order valence-corrected chi connectivity index (χ4v) is 5.46. The third-order valence-electron chi connectivity index (χ3n) is 7.38. The summed E-state index contributed by atoms with van der Waals surface area (Å²) >= 11 is 0. The predicted octanol–water partition coefficient (Wildman–Crippen LogP) is 6.49. The first-order chi connectivity index (χ1) is 19.2. The van der Waals surface area contributed by atoms with Crippen LogP contribution in [0.1, 0.15) is 24.8 Å². The van der Waals surface area contributed by atoms with Crippen LogP contribution in [0.2, 0.25) is 0 Å². The van der Waals surface area contributed by atoms with E-state index >= 15 is 4.39 Å². The maximum absolute atomic E-state index is 16.2. The third-order valence-corrected chi connectivity index (χ3v) is 7.38. The molecule has 39 heavy (non-hydrogen) atoms. The van der Waals surface area contributed by atoms with E-state index in [4.69, 9.17) is 4.98 Å². The lowest BCUT2D eigenvalue weighted by Crippen LogP contribution is -2.29. The highest BCUT2D eigenvalue weighted by molar-refractivity contribution is 5.98. The molecule has 5 heterocycles. The zero-order valence-corrected chi connectivity index (χ0v) is 21.1. The number of imidazole rings is 1. The largest absolute Gasteiger partial charge is 0.336 e. The van der Waals surface area contributed by atoms with Crippen LogP contribution in [0.4, 0.5) is 8.78 Å². The Morgan fingerprint density at radius 1 is 0.872 bits per heavy atom. The van der Waals surface area contributed by atoms with E-state index in [-0.39, 0.29) is 5.82 Å². The minimum atomic E-state index is -0.402. The Hall–Kier alpha value is -4.50. The van der Waals surface area contributed by atoms with Crippen molar-refractivity contribution in [3.05, 3.63) is 84.3 Å². The summed E-state index contributed by atoms with van der Waals surface area (Å²) in [7, 11) is 0. The van der Waals surface area contributed by atoms with Gasteiger partial charge in [-0.1, -0.05) is 18.6 Å². The maximum Gasteiger partial charge on any atom is 0.159 e. The van der Waals surface area contributed by atoms with E-state index in [0.29, 0.717) is 55.8 Å². The second kappa shape index (κ2) is 9.67. The number of aromatic amines is 2. The predicted molar refractivity (Wildman–Crippen MR) is 147 cm³/mol. The molecule has 2 aromatic carbocycles. The van der Waals surface area contributed by atoms with Gasteiger partial charge in [-0.15, -0.1) is 0 Å². The number of rotatable bonds is 5. The number of hydrogen-bond acceptors (Lipinski definition) is 5. The Morgan fingerprint density at radius 3 is 2.62 bits per heavy atom. The molecule has 1 aliphatic heterocycles. The molecule has 1 saturated heterocycles. The van der Waals surface area contributed by atoms with Crippen molar-refractivity contribution < 1.29 is 8.78 Å². The Labute approximate surface area is 223 Å². The van der Waals surface area contributed by atoms with Crippen LogP contribution in [0.15, 0.2) is 67.1 Å². The molecule has 9 heteroatoms. The maximum atomic E-state index is 16.2. The lowest BCUT2D eigenvalue weighted by atomic mass is 10.0. The Bertz CT molecular complexity index is 1820. The first-order valence-electron chi connectivity index (χ1n) is 13.1. The van der Waals surface area contributed by atoms with Crippen LogP contribution in [-0.2, 0) is 6.54 Å². The van der Waals surface area contributed by atoms with E-state index < -0.39 is 5.82 Å². The molecule has 0 atom stereocenters. The second-order valence-corrected chi connectivity index (χ2v) is 9.96. The number of nitrogens with zero attached hydrogens (tertiary/aromatic N) is 5. The fourth-order valence-electron chi connectivity index (χ4n) is 5.46. The molecule has 4 aromatic heterocycles. The molecular formula is C30H25F2N7. The van der Waals surface area contributed by atoms with Crippen LogP contribution in [0, 0.1) is 11.6 Å². The van der Waals surface area contributed by atoms with Crippen LogP contribution in [0.3, 0.4) is 0 Å². The van der Waals surface area contributed by atoms with Crippen molar-refractivity contribution in [3.8, 4) is 33.9 Å². The van der Waals surface area contributed by atoms with E-state index in [9.17, 15) is 4.39 Å². The number of benzene rings is 2. The molecule has 0 unspecified atom stereocenters. The zero-order chi connectivity index (χ0) is 26.3. The molecule has 7 nitrogen and oxygen atoms in total. The molecule has 0 aliphatic carbocycles. The average molecular weight is 522 g/mol. The van der Waals surface area contributed by atoms with Gasteiger partial charge in [-0.2, -0.15) is 5.10 Å². The highest BCUT2D eigenvalue weighted by atomic mass is 19.1. The SMILES string of the molecule is Fc1ccccc1-c1nccc2[nH]c(-c3n[nH]c4ccc(-c5cncc(CN6CCCCC6)c5)c(F)c34)nc12. The molecular weight excluding hydrogens is 496 g/mol. The lowest BCUT2D eigenvalue weighted by Gasteiger charge is -2.26. The molecule has 1 aliphatic rings. The fraction of sp³-hybridized carbons (Fsp3) is 0.200. The van der Waals surface area contributed by atoms with E-state index in [2.05, 4.69) is 30.0 Å². The van der Waals surface area contributed by atoms with Gasteiger partial charge < -0.3 is 4.98 Å². The topological polar surface area (TPSA) is 86.4 Å². The van der Waals surface area contributed by atoms with Gasteiger partial charge in [0.15, 0.2) is 5.82 Å². The minimum absolute atomic E-state index is 0.327. The number of nitrogens with one attached hydrogen (secondary N) is 2. The van der Waals surface area contributed by atoms with Gasteiger partial charge in [-0.3, -0.25) is 20.0 Å². The average Bonchev–Trinajstić information content (AvgIpc) is 3.59. The van der Waals surface area contributed by atoms with Crippen LogP contribution >= 0.6 is 0 Å². The molecule has 1 fully saturated rings. The number of likely N-dealkylation sites (tertiary alicyclic amines) is 1. The van der Waals surface area contributed by atoms with Gasteiger partial charge in [0.2, 0.25) is 0 Å². The lowest BCUT2D eigenvalue weighted by molar-refractivity contribution is 0.220. The number of halogens is 2. The second-order valence-electron chi connectivity index (χ2n) is 9.96. The number of piperidine rings is 1. The molecule has 0 saturated carbocycles. The highest BCUT2D eigenvalue weighted by Gasteiger charge is 2.21. The molecule has 2 N–H and O–H groups in total. The van der Waals surface area contributed by atoms with E-state index in [1.165, 1.54) is 25.3 Å². The van der Waals surface area contributed by atoms with Gasteiger partial charge in [0.1, 0.15) is 28.5 Å². The van der Waals surface area contributed by atoms with Crippen molar-refractivity contribution in [2.45, 2.75) is 25.8 Å². The monoisotopic (exact) mass is 521 g/mol. The summed E-state index contributed by atoms with van der Waals surface area (Å²) in [6.07, 6.45) is 8.84. The molecule has 0 amide bonds. The zero-order valence-electron chi connectivity index (χ0n) is 21.1. The van der Waals surface area contributed by atoms with Gasteiger partial charge in [0, 0.05) is 41.8 Å². The van der Waals surface area contributed by atoms with Crippen LogP contribution in [0.25, 0.3) is 55.8 Å². The van der Waals surface area contributed by atoms with Gasteiger partial charge in [-0.05, 0) is 67.9 Å². The molecule has 0 radical (unpaired) electrons. The minimum Gasteiger partial charge on any atom is -0.336 e. The highest BCUT2D eigenvalue weighted by Crippen LogP contribution is 2.35. The number of fused-ring (bicyclic) bond motifs is 2. The molecule has 0 spiro atoms. The normalized spacial score (nSPS) is 14.4. The quantitative estimate of drug-likeness (QED) is 0.271. The molecule has 0 bridgehead atoms. The summed E-state index contributed by atoms with van der Waals surface area (Å²) in [6.45, 7) is 2.96. The number of H-pyrrole nitrogens is 2. The third kappa shape index (κ3) is 4.24. The van der Waals surface area contributed by atoms with Gasteiger partial charge in [0.05, 0.1) is 16.4 Å². The number of pyridine rings is 2. The molecule has 7 rings (SSSR count). The van der Waals surface area contributed by atoms with Crippen molar-refractivity contribution in [1.82, 2.24) is 35.0 Å². The first-order valence-corrected chi connectivity index (χ1v) is 13.1. The van der Waals surface area contributed by atoms with E-state index in [1.807, 2.05) is 18.3 Å². The summed E-state index contributed by atoms with van der Waals surface area (Å²) in [5.41, 5.74) is 5.01. The van der Waals surface area contributed by atoms with Gasteiger partial charge in [-0.25, -0.2) is 13.8 Å². The Morgan fingerprint density at radius 2 is 1.74 bits per heavy atom. The standard InChI is InChI=1S/C30H25F2N7/c31-22-7-3-2-6-21(22)27-28-24(10-11-34-27)35-30(36-28)29-25-23(37-38-29)9-8-20(26(25)32)19-14-18(15-33-16-19)17-39-12-4-1-5-13-39/h2-3,6-11,14-16H,1,4-5,12-13,17H2,(H,35,36)(H,37,38). The van der Waals surface area contributed by atoms with Crippen molar-refractivity contribution >= 4 is 21.9 Å². The molecule has 6 aromatic rings. The van der Waals surface area contributed by atoms with Crippen molar-refractivity contribution in [2.75, 3.05) is 13.1 Å². The van der Waals surface area contributed by atoms with Gasteiger partial charge in [0.25, 0.3) is 0 Å². The number of hydrogen-bond donors (Lipinski definition) is 2. The van der Waals surface area contributed by atoms with Crippen molar-refractivity contribution in [3.63, 3.8) is 0 Å². The van der Waals surface area contributed by atoms with Gasteiger partial charge >= 0.3 is 0 Å². The summed E-state index contributed by atoms with van der Waals surface area (Å²) in [6, 6.07) is 13.8. The van der Waals surface area contributed by atoms with Crippen molar-refractivity contribution in [2.24, 2.45) is 0 Å². The van der Waals surface area contributed by atoms with Crippen LogP contribution < -0.4 is 0 Å². The first kappa shape index (κ1) is 23.6. The van der Waals surface area contributed by atoms with E-state index in [1.54, 1.807) is 42.7 Å². The smallest absolute Gasteiger partial charge is 0.159 e.